The number of amides is 1. The maximum atomic E-state index is 12.4. The lowest BCUT2D eigenvalue weighted by Crippen LogP contribution is -2.23. The zero-order valence-corrected chi connectivity index (χ0v) is 20.3. The second kappa shape index (κ2) is 11.8. The highest BCUT2D eigenvalue weighted by atomic mass is 79.9. The fourth-order valence-electron chi connectivity index (χ4n) is 2.42. The summed E-state index contributed by atoms with van der Waals surface area (Å²) < 4.78 is 18.0. The minimum absolute atomic E-state index is 0.0939. The Labute approximate surface area is 188 Å². The monoisotopic (exact) mass is 489 g/mol. The molecule has 5 nitrogen and oxygen atoms in total. The molecule has 0 aromatic heterocycles. The van der Waals surface area contributed by atoms with Gasteiger partial charge in [0.15, 0.2) is 6.79 Å². The van der Waals surface area contributed by atoms with Crippen molar-refractivity contribution >= 4 is 29.9 Å². The Bertz CT molecular complexity index is 875. The van der Waals surface area contributed by atoms with E-state index in [9.17, 15) is 4.79 Å². The first-order valence-corrected chi connectivity index (χ1v) is 14.2. The van der Waals surface area contributed by atoms with Gasteiger partial charge in [0.1, 0.15) is 22.6 Å². The van der Waals surface area contributed by atoms with Crippen LogP contribution in [-0.2, 0) is 11.3 Å². The first kappa shape index (κ1) is 24.0. The maximum Gasteiger partial charge on any atom is 0.252 e. The molecule has 2 aromatic rings. The zero-order valence-electron chi connectivity index (χ0n) is 17.7. The molecule has 0 spiro atoms. The van der Waals surface area contributed by atoms with Crippen LogP contribution in [0.5, 0.6) is 11.5 Å². The predicted molar refractivity (Wildman–Crippen MR) is 126 cm³/mol. The fraction of sp³-hybridized carbons (Fsp3) is 0.348. The summed E-state index contributed by atoms with van der Waals surface area (Å²) in [5.41, 5.74) is 1.41. The van der Waals surface area contributed by atoms with E-state index in [1.54, 1.807) is 12.1 Å². The van der Waals surface area contributed by atoms with E-state index in [2.05, 4.69) is 46.8 Å². The van der Waals surface area contributed by atoms with E-state index in [1.807, 2.05) is 30.3 Å². The predicted octanol–water partition coefficient (Wildman–Crippen LogP) is 5.08. The number of terminal acetylenes is 1. The van der Waals surface area contributed by atoms with Crippen molar-refractivity contribution in [2.45, 2.75) is 32.3 Å². The minimum atomic E-state index is -1.16. The lowest BCUT2D eigenvalue weighted by Gasteiger charge is -2.17. The fourth-order valence-corrected chi connectivity index (χ4v) is 3.64. The molecule has 0 aliphatic rings. The van der Waals surface area contributed by atoms with Crippen LogP contribution in [0.3, 0.4) is 0 Å². The Kier molecular flexibility index (Phi) is 9.44. The number of rotatable bonds is 11. The Balaban J connectivity index is 2.12. The van der Waals surface area contributed by atoms with Crippen LogP contribution in [0.1, 0.15) is 15.9 Å². The van der Waals surface area contributed by atoms with Crippen LogP contribution in [0, 0.1) is 12.3 Å². The molecule has 30 heavy (non-hydrogen) atoms. The van der Waals surface area contributed by atoms with Crippen molar-refractivity contribution in [1.82, 2.24) is 5.32 Å². The number of carbonyl (C=O) groups is 1. The highest BCUT2D eigenvalue weighted by Crippen LogP contribution is 2.36. The first-order chi connectivity index (χ1) is 14.3. The number of benzene rings is 2. The quantitative estimate of drug-likeness (QED) is 0.207. The number of hydrogen-bond acceptors (Lipinski definition) is 4. The summed E-state index contributed by atoms with van der Waals surface area (Å²) in [6.45, 7) is 8.13. The Morgan fingerprint density at radius 1 is 1.13 bits per heavy atom. The first-order valence-electron chi connectivity index (χ1n) is 9.72. The van der Waals surface area contributed by atoms with Crippen molar-refractivity contribution in [3.05, 3.63) is 58.1 Å². The molecule has 0 radical (unpaired) electrons. The molecule has 0 atom stereocenters. The average molecular weight is 490 g/mol. The molecule has 0 heterocycles. The summed E-state index contributed by atoms with van der Waals surface area (Å²) in [4.78, 5) is 12.4. The summed E-state index contributed by atoms with van der Waals surface area (Å²) in [6, 6.07) is 14.2. The van der Waals surface area contributed by atoms with Gasteiger partial charge in [0.05, 0.1) is 6.54 Å². The van der Waals surface area contributed by atoms with Crippen LogP contribution < -0.4 is 14.8 Å². The third kappa shape index (κ3) is 8.23. The summed E-state index contributed by atoms with van der Waals surface area (Å²) in [6.07, 6.45) is 5.24. The Morgan fingerprint density at radius 3 is 2.43 bits per heavy atom. The van der Waals surface area contributed by atoms with Gasteiger partial charge in [-0.15, -0.1) is 6.42 Å². The van der Waals surface area contributed by atoms with Gasteiger partial charge in [0, 0.05) is 20.2 Å². The van der Waals surface area contributed by atoms with E-state index < -0.39 is 8.07 Å². The minimum Gasteiger partial charge on any atom is -0.488 e. The Morgan fingerprint density at radius 2 is 1.80 bits per heavy atom. The van der Waals surface area contributed by atoms with Gasteiger partial charge < -0.3 is 19.5 Å². The van der Waals surface area contributed by atoms with Gasteiger partial charge >= 0.3 is 0 Å². The van der Waals surface area contributed by atoms with Crippen molar-refractivity contribution in [2.75, 3.05) is 19.9 Å². The molecule has 2 rings (SSSR count). The van der Waals surface area contributed by atoms with E-state index in [-0.39, 0.29) is 19.2 Å². The van der Waals surface area contributed by atoms with Gasteiger partial charge in [-0.25, -0.2) is 0 Å². The van der Waals surface area contributed by atoms with E-state index in [1.165, 1.54) is 0 Å². The molecule has 160 valence electrons. The lowest BCUT2D eigenvalue weighted by atomic mass is 10.2. The van der Waals surface area contributed by atoms with Crippen LogP contribution in [0.25, 0.3) is 0 Å². The van der Waals surface area contributed by atoms with Gasteiger partial charge in [-0.3, -0.25) is 4.79 Å². The summed E-state index contributed by atoms with van der Waals surface area (Å²) >= 11 is 3.53. The van der Waals surface area contributed by atoms with Crippen LogP contribution in [0.4, 0.5) is 0 Å². The van der Waals surface area contributed by atoms with E-state index in [0.29, 0.717) is 34.7 Å². The van der Waals surface area contributed by atoms with Crippen LogP contribution >= 0.6 is 15.9 Å². The molecular weight excluding hydrogens is 462 g/mol. The number of ether oxygens (including phenoxy) is 3. The van der Waals surface area contributed by atoms with Crippen molar-refractivity contribution in [3.8, 4) is 23.8 Å². The standard InChI is InChI=1S/C23H28BrNO4Si/c1-5-11-25-23(26)19-14-20(28-16-18-9-7-6-8-10-18)22(24)21(15-19)29-17-27-12-13-30(2,3)4/h1,6-10,14-15H,11-13,16-17H2,2-4H3,(H,25,26). The topological polar surface area (TPSA) is 56.8 Å². The van der Waals surface area contributed by atoms with Crippen molar-refractivity contribution < 1.29 is 19.0 Å². The highest BCUT2D eigenvalue weighted by molar-refractivity contribution is 9.10. The highest BCUT2D eigenvalue weighted by Gasteiger charge is 2.16. The number of carbonyl (C=O) groups excluding carboxylic acids is 1. The van der Waals surface area contributed by atoms with Gasteiger partial charge in [0.25, 0.3) is 5.91 Å². The third-order valence-corrected chi connectivity index (χ3v) is 6.64. The number of hydrogen-bond donors (Lipinski definition) is 1. The molecule has 1 amide bonds. The van der Waals surface area contributed by atoms with Crippen LogP contribution in [0.15, 0.2) is 46.9 Å². The van der Waals surface area contributed by atoms with Crippen LogP contribution in [-0.4, -0.2) is 33.9 Å². The van der Waals surface area contributed by atoms with Crippen molar-refractivity contribution in [2.24, 2.45) is 0 Å². The molecule has 0 aliphatic carbocycles. The van der Waals surface area contributed by atoms with Gasteiger partial charge in [-0.2, -0.15) is 0 Å². The lowest BCUT2D eigenvalue weighted by molar-refractivity contribution is 0.0213. The van der Waals surface area contributed by atoms with Gasteiger partial charge in [-0.05, 0) is 39.7 Å². The summed E-state index contributed by atoms with van der Waals surface area (Å²) in [5, 5.41) is 2.66. The second-order valence-electron chi connectivity index (χ2n) is 7.93. The zero-order chi connectivity index (χ0) is 22.0. The maximum absolute atomic E-state index is 12.4. The largest absolute Gasteiger partial charge is 0.488 e. The molecule has 0 saturated carbocycles. The molecule has 2 aromatic carbocycles. The van der Waals surface area contributed by atoms with Gasteiger partial charge in [0.2, 0.25) is 0 Å². The molecule has 0 bridgehead atoms. The Hall–Kier alpha value is -2.27. The molecule has 1 N–H and O–H groups in total. The van der Waals surface area contributed by atoms with E-state index in [0.717, 1.165) is 11.6 Å². The molecule has 0 saturated heterocycles. The van der Waals surface area contributed by atoms with Gasteiger partial charge in [-0.1, -0.05) is 55.9 Å². The SMILES string of the molecule is C#CCNC(=O)c1cc(OCOCC[Si](C)(C)C)c(Br)c(OCc2ccccc2)c1. The number of halogens is 1. The summed E-state index contributed by atoms with van der Waals surface area (Å²) in [7, 11) is -1.16. The summed E-state index contributed by atoms with van der Waals surface area (Å²) in [5.74, 6) is 3.07. The molecule has 0 aliphatic heterocycles. The smallest absolute Gasteiger partial charge is 0.252 e. The molecule has 0 fully saturated rings. The average Bonchev–Trinajstić information content (AvgIpc) is 2.71. The molecule has 0 unspecified atom stereocenters. The van der Waals surface area contributed by atoms with E-state index >= 15 is 0 Å². The third-order valence-electron chi connectivity index (χ3n) is 4.15. The number of nitrogens with one attached hydrogen (secondary N) is 1. The molecular formula is C23H28BrNO4Si. The molecule has 7 heteroatoms. The van der Waals surface area contributed by atoms with Crippen LogP contribution in [0.2, 0.25) is 25.7 Å². The van der Waals surface area contributed by atoms with Crippen molar-refractivity contribution in [1.29, 1.82) is 0 Å². The van der Waals surface area contributed by atoms with E-state index in [4.69, 9.17) is 20.6 Å². The van der Waals surface area contributed by atoms with Crippen molar-refractivity contribution in [3.63, 3.8) is 0 Å². The normalized spacial score (nSPS) is 10.9. The second-order valence-corrected chi connectivity index (χ2v) is 14.3.